The molecule has 4 nitrogen and oxygen atoms in total. The fourth-order valence-electron chi connectivity index (χ4n) is 1.17. The number of halogens is 1. The molecule has 0 aliphatic carbocycles. The van der Waals surface area contributed by atoms with Gasteiger partial charge in [-0.05, 0) is 37.1 Å². The van der Waals surface area contributed by atoms with Crippen molar-refractivity contribution in [1.82, 2.24) is 0 Å². The van der Waals surface area contributed by atoms with Gasteiger partial charge in [-0.25, -0.2) is 8.42 Å². The molecule has 1 aromatic rings. The van der Waals surface area contributed by atoms with E-state index in [4.69, 9.17) is 11.6 Å². The topological polar surface area (TPSA) is 74.3 Å². The first-order chi connectivity index (χ1) is 7.42. The number of aliphatic carboxylic acids is 1. The van der Waals surface area contributed by atoms with Gasteiger partial charge in [0.1, 0.15) is 0 Å². The number of rotatable bonds is 5. The van der Waals surface area contributed by atoms with Crippen molar-refractivity contribution >= 4 is 27.4 Å². The van der Waals surface area contributed by atoms with Crippen molar-refractivity contribution < 1.29 is 18.3 Å². The second-order valence-electron chi connectivity index (χ2n) is 3.25. The van der Waals surface area contributed by atoms with E-state index in [0.29, 0.717) is 5.02 Å². The number of sulfone groups is 1. The molecule has 0 saturated heterocycles. The highest BCUT2D eigenvalue weighted by Crippen LogP contribution is 2.16. The number of carboxylic acid groups (broad SMARTS) is 1. The Bertz CT molecular complexity index is 464. The van der Waals surface area contributed by atoms with Crippen LogP contribution in [0.5, 0.6) is 0 Å². The summed E-state index contributed by atoms with van der Waals surface area (Å²) in [5.41, 5.74) is 0. The Morgan fingerprint density at radius 3 is 2.31 bits per heavy atom. The molecule has 1 rings (SSSR count). The van der Waals surface area contributed by atoms with E-state index in [9.17, 15) is 18.3 Å². The normalized spacial score (nSPS) is 11.3. The molecule has 0 bridgehead atoms. The molecule has 1 aromatic carbocycles. The minimum Gasteiger partial charge on any atom is -0.550 e. The lowest BCUT2D eigenvalue weighted by atomic mass is 10.3. The van der Waals surface area contributed by atoms with Gasteiger partial charge in [0, 0.05) is 11.0 Å². The van der Waals surface area contributed by atoms with E-state index in [0.717, 1.165) is 0 Å². The van der Waals surface area contributed by atoms with E-state index in [1.807, 2.05) is 0 Å². The largest absolute Gasteiger partial charge is 0.550 e. The fraction of sp³-hybridized carbons (Fsp3) is 0.300. The summed E-state index contributed by atoms with van der Waals surface area (Å²) in [6.45, 7) is 0. The van der Waals surface area contributed by atoms with Crippen LogP contribution in [-0.2, 0) is 14.6 Å². The van der Waals surface area contributed by atoms with Gasteiger partial charge in [0.15, 0.2) is 9.84 Å². The maximum absolute atomic E-state index is 11.7. The van der Waals surface area contributed by atoms with Gasteiger partial charge in [0.25, 0.3) is 0 Å². The van der Waals surface area contributed by atoms with Crippen molar-refractivity contribution in [1.29, 1.82) is 0 Å². The number of hydrogen-bond acceptors (Lipinski definition) is 4. The highest BCUT2D eigenvalue weighted by Gasteiger charge is 2.13. The maximum atomic E-state index is 11.7. The zero-order valence-electron chi connectivity index (χ0n) is 8.35. The Balaban J connectivity index is 2.71. The number of carbonyl (C=O) groups excluding carboxylic acids is 1. The summed E-state index contributed by atoms with van der Waals surface area (Å²) < 4.78 is 23.3. The lowest BCUT2D eigenvalue weighted by Crippen LogP contribution is -2.22. The lowest BCUT2D eigenvalue weighted by Gasteiger charge is -2.05. The zero-order chi connectivity index (χ0) is 12.2. The second kappa shape index (κ2) is 5.32. The van der Waals surface area contributed by atoms with E-state index >= 15 is 0 Å². The Morgan fingerprint density at radius 2 is 1.81 bits per heavy atom. The van der Waals surface area contributed by atoms with Gasteiger partial charge in [-0.2, -0.15) is 0 Å². The van der Waals surface area contributed by atoms with Crippen molar-refractivity contribution in [2.75, 3.05) is 5.75 Å². The minimum absolute atomic E-state index is 0.0489. The number of carboxylic acids is 1. The summed E-state index contributed by atoms with van der Waals surface area (Å²) in [6, 6.07) is 5.76. The summed E-state index contributed by atoms with van der Waals surface area (Å²) in [5.74, 6) is -1.45. The summed E-state index contributed by atoms with van der Waals surface area (Å²) >= 11 is 5.63. The van der Waals surface area contributed by atoms with E-state index in [1.165, 1.54) is 24.3 Å². The smallest absolute Gasteiger partial charge is 0.178 e. The van der Waals surface area contributed by atoms with Crippen molar-refractivity contribution in [3.63, 3.8) is 0 Å². The van der Waals surface area contributed by atoms with Gasteiger partial charge in [0.2, 0.25) is 0 Å². The van der Waals surface area contributed by atoms with Gasteiger partial charge in [0.05, 0.1) is 10.6 Å². The first-order valence-electron chi connectivity index (χ1n) is 4.60. The van der Waals surface area contributed by atoms with Crippen LogP contribution < -0.4 is 5.11 Å². The van der Waals surface area contributed by atoms with Crippen LogP contribution in [0.25, 0.3) is 0 Å². The quantitative estimate of drug-likeness (QED) is 0.780. The van der Waals surface area contributed by atoms with Crippen LogP contribution in [0.4, 0.5) is 0 Å². The average molecular weight is 262 g/mol. The van der Waals surface area contributed by atoms with Crippen molar-refractivity contribution in [3.05, 3.63) is 29.3 Å². The van der Waals surface area contributed by atoms with Gasteiger partial charge in [-0.1, -0.05) is 11.6 Å². The predicted molar refractivity (Wildman–Crippen MR) is 57.7 cm³/mol. The molecule has 0 aromatic heterocycles. The number of carbonyl (C=O) groups is 1. The molecular formula is C10H10ClO4S-. The molecule has 0 spiro atoms. The SMILES string of the molecule is O=C([O-])CCCS(=O)(=O)c1ccc(Cl)cc1. The Morgan fingerprint density at radius 1 is 1.25 bits per heavy atom. The van der Waals surface area contributed by atoms with E-state index < -0.39 is 15.8 Å². The molecule has 0 atom stereocenters. The van der Waals surface area contributed by atoms with Gasteiger partial charge in [-0.15, -0.1) is 0 Å². The number of benzene rings is 1. The first-order valence-corrected chi connectivity index (χ1v) is 6.63. The highest BCUT2D eigenvalue weighted by molar-refractivity contribution is 7.91. The van der Waals surface area contributed by atoms with E-state index in [-0.39, 0.29) is 23.5 Å². The van der Waals surface area contributed by atoms with Gasteiger partial charge < -0.3 is 9.90 Å². The number of hydrogen-bond donors (Lipinski definition) is 0. The van der Waals surface area contributed by atoms with Crippen molar-refractivity contribution in [3.8, 4) is 0 Å². The van der Waals surface area contributed by atoms with Crippen molar-refractivity contribution in [2.24, 2.45) is 0 Å². The molecule has 6 heteroatoms. The molecule has 16 heavy (non-hydrogen) atoms. The second-order valence-corrected chi connectivity index (χ2v) is 5.79. The molecule has 0 saturated carbocycles. The molecule has 88 valence electrons. The molecule has 0 unspecified atom stereocenters. The van der Waals surface area contributed by atoms with Crippen LogP contribution in [0.15, 0.2) is 29.2 Å². The van der Waals surface area contributed by atoms with Crippen LogP contribution in [0.1, 0.15) is 12.8 Å². The first kappa shape index (κ1) is 13.0. The van der Waals surface area contributed by atoms with Gasteiger partial charge in [-0.3, -0.25) is 0 Å². The Kier molecular flexibility index (Phi) is 4.32. The average Bonchev–Trinajstić information content (AvgIpc) is 2.17. The summed E-state index contributed by atoms with van der Waals surface area (Å²) in [4.78, 5) is 10.3. The predicted octanol–water partition coefficient (Wildman–Crippen LogP) is 0.644. The molecule has 0 amide bonds. The standard InChI is InChI=1S/C10H11ClO4S/c11-8-3-5-9(6-4-8)16(14,15)7-1-2-10(12)13/h3-6H,1-2,7H2,(H,12,13)/p-1. The van der Waals surface area contributed by atoms with Crippen LogP contribution in [0.3, 0.4) is 0 Å². The Labute approximate surface area is 98.8 Å². The minimum atomic E-state index is -3.42. The van der Waals surface area contributed by atoms with E-state index in [1.54, 1.807) is 0 Å². The van der Waals surface area contributed by atoms with Crippen LogP contribution in [-0.4, -0.2) is 20.1 Å². The lowest BCUT2D eigenvalue weighted by molar-refractivity contribution is -0.305. The summed E-state index contributed by atoms with van der Waals surface area (Å²) in [6.07, 6.45) is -0.208. The third-order valence-corrected chi connectivity index (χ3v) is 4.04. The summed E-state index contributed by atoms with van der Waals surface area (Å²) in [5, 5.41) is 10.6. The molecule has 0 N–H and O–H groups in total. The van der Waals surface area contributed by atoms with Crippen LogP contribution in [0.2, 0.25) is 5.02 Å². The fourth-order valence-corrected chi connectivity index (χ4v) is 2.60. The zero-order valence-corrected chi connectivity index (χ0v) is 9.92. The molecule has 0 aliphatic heterocycles. The monoisotopic (exact) mass is 261 g/mol. The van der Waals surface area contributed by atoms with Gasteiger partial charge >= 0.3 is 0 Å². The van der Waals surface area contributed by atoms with Crippen LogP contribution >= 0.6 is 11.6 Å². The third kappa shape index (κ3) is 3.83. The van der Waals surface area contributed by atoms with Crippen LogP contribution in [0, 0.1) is 0 Å². The summed E-state index contributed by atoms with van der Waals surface area (Å²) in [7, 11) is -3.42. The maximum Gasteiger partial charge on any atom is 0.178 e. The molecule has 0 radical (unpaired) electrons. The third-order valence-electron chi connectivity index (χ3n) is 1.97. The molecule has 0 heterocycles. The van der Waals surface area contributed by atoms with E-state index in [2.05, 4.69) is 0 Å². The van der Waals surface area contributed by atoms with Crippen molar-refractivity contribution in [2.45, 2.75) is 17.7 Å². The molecular weight excluding hydrogens is 252 g/mol. The molecule has 0 aliphatic rings. The highest BCUT2D eigenvalue weighted by atomic mass is 35.5. The Hall–Kier alpha value is -1.07. The molecule has 0 fully saturated rings.